The van der Waals surface area contributed by atoms with Gasteiger partial charge in [0.15, 0.2) is 5.82 Å². The molecule has 3 rings (SSSR count). The summed E-state index contributed by atoms with van der Waals surface area (Å²) in [6.45, 7) is 5.36. The van der Waals surface area contributed by atoms with Crippen molar-refractivity contribution in [1.29, 1.82) is 0 Å². The molecule has 8 nitrogen and oxygen atoms in total. The van der Waals surface area contributed by atoms with Crippen molar-refractivity contribution in [2.45, 2.75) is 37.6 Å². The van der Waals surface area contributed by atoms with E-state index in [2.05, 4.69) is 25.1 Å². The molecular formula is C16H19N5O3S. The largest absolute Gasteiger partial charge is 0.334 e. The molecule has 2 heterocycles. The molecule has 0 fully saturated rings. The van der Waals surface area contributed by atoms with Gasteiger partial charge in [-0.2, -0.15) is 10.1 Å². The van der Waals surface area contributed by atoms with E-state index in [9.17, 15) is 8.42 Å². The summed E-state index contributed by atoms with van der Waals surface area (Å²) in [4.78, 5) is 4.46. The number of hydrogen-bond donors (Lipinski definition) is 2. The van der Waals surface area contributed by atoms with Crippen LogP contribution in [-0.4, -0.2) is 34.3 Å². The number of hydrogen-bond acceptors (Lipinski definition) is 6. The normalized spacial score (nSPS) is 12.4. The highest BCUT2D eigenvalue weighted by Crippen LogP contribution is 2.22. The van der Waals surface area contributed by atoms with Gasteiger partial charge in [-0.1, -0.05) is 11.2 Å². The first-order valence-corrected chi connectivity index (χ1v) is 9.16. The first-order chi connectivity index (χ1) is 11.7. The van der Waals surface area contributed by atoms with Gasteiger partial charge in [0.1, 0.15) is 0 Å². The van der Waals surface area contributed by atoms with Gasteiger partial charge in [0.25, 0.3) is 5.89 Å². The minimum absolute atomic E-state index is 0.147. The third-order valence-electron chi connectivity index (χ3n) is 3.21. The molecular weight excluding hydrogens is 342 g/mol. The lowest BCUT2D eigenvalue weighted by molar-refractivity contribution is 0.423. The molecule has 2 aromatic heterocycles. The van der Waals surface area contributed by atoms with Gasteiger partial charge in [-0.25, -0.2) is 13.1 Å². The monoisotopic (exact) mass is 361 g/mol. The molecule has 0 aliphatic rings. The molecule has 0 aliphatic heterocycles. The van der Waals surface area contributed by atoms with Gasteiger partial charge >= 0.3 is 0 Å². The van der Waals surface area contributed by atoms with E-state index in [0.29, 0.717) is 17.8 Å². The second kappa shape index (κ2) is 6.41. The number of benzene rings is 1. The maximum Gasteiger partial charge on any atom is 0.257 e. The van der Waals surface area contributed by atoms with Crippen LogP contribution in [0.2, 0.25) is 0 Å². The Morgan fingerprint density at radius 2 is 2.04 bits per heavy atom. The lowest BCUT2D eigenvalue weighted by Gasteiger charge is -2.20. The van der Waals surface area contributed by atoms with Crippen molar-refractivity contribution in [2.24, 2.45) is 0 Å². The van der Waals surface area contributed by atoms with Crippen LogP contribution in [0.1, 0.15) is 32.3 Å². The maximum atomic E-state index is 12.5. The second-order valence-corrected chi connectivity index (χ2v) is 8.34. The van der Waals surface area contributed by atoms with Crippen LogP contribution in [-0.2, 0) is 16.4 Å². The first kappa shape index (κ1) is 17.3. The van der Waals surface area contributed by atoms with Gasteiger partial charge in [-0.3, -0.25) is 5.10 Å². The zero-order valence-corrected chi connectivity index (χ0v) is 15.0. The minimum Gasteiger partial charge on any atom is -0.334 e. The molecule has 2 N–H and O–H groups in total. The predicted molar refractivity (Wildman–Crippen MR) is 91.2 cm³/mol. The molecule has 0 unspecified atom stereocenters. The molecule has 0 aliphatic carbocycles. The smallest absolute Gasteiger partial charge is 0.257 e. The maximum absolute atomic E-state index is 12.5. The van der Waals surface area contributed by atoms with Gasteiger partial charge in [-0.15, -0.1) is 0 Å². The summed E-state index contributed by atoms with van der Waals surface area (Å²) >= 11 is 0. The van der Waals surface area contributed by atoms with Gasteiger partial charge in [0.05, 0.1) is 11.3 Å². The zero-order chi connectivity index (χ0) is 18.1. The number of aromatic amines is 1. The van der Waals surface area contributed by atoms with Crippen LogP contribution in [0.25, 0.3) is 11.5 Å². The fourth-order valence-corrected chi connectivity index (χ4v) is 3.72. The SMILES string of the molecule is CC(C)(C)NS(=O)(=O)c1cccc(-c2nc(Cc3ccn[nH]3)no2)c1. The molecule has 25 heavy (non-hydrogen) atoms. The Labute approximate surface area is 145 Å². The van der Waals surface area contributed by atoms with Crippen LogP contribution in [0.15, 0.2) is 45.9 Å². The van der Waals surface area contributed by atoms with E-state index in [0.717, 1.165) is 5.69 Å². The van der Waals surface area contributed by atoms with Gasteiger partial charge < -0.3 is 4.52 Å². The second-order valence-electron chi connectivity index (χ2n) is 6.66. The lowest BCUT2D eigenvalue weighted by Crippen LogP contribution is -2.40. The summed E-state index contributed by atoms with van der Waals surface area (Å²) in [5, 5.41) is 10.6. The number of nitrogens with zero attached hydrogens (tertiary/aromatic N) is 3. The van der Waals surface area contributed by atoms with Gasteiger partial charge in [-0.05, 0) is 45.0 Å². The van der Waals surface area contributed by atoms with E-state index in [-0.39, 0.29) is 10.8 Å². The van der Waals surface area contributed by atoms with Crippen molar-refractivity contribution in [3.8, 4) is 11.5 Å². The molecule has 132 valence electrons. The number of aromatic nitrogens is 4. The van der Waals surface area contributed by atoms with Crippen molar-refractivity contribution in [2.75, 3.05) is 0 Å². The Morgan fingerprint density at radius 1 is 1.24 bits per heavy atom. The van der Waals surface area contributed by atoms with Crippen LogP contribution in [0, 0.1) is 0 Å². The summed E-state index contributed by atoms with van der Waals surface area (Å²) in [5.41, 5.74) is 0.828. The lowest BCUT2D eigenvalue weighted by atomic mass is 10.1. The molecule has 1 aromatic carbocycles. The standard InChI is InChI=1S/C16H19N5O3S/c1-16(2,3)21-25(22,23)13-6-4-5-11(9-13)15-18-14(20-24-15)10-12-7-8-17-19-12/h4-9,21H,10H2,1-3H3,(H,17,19). The Hall–Kier alpha value is -2.52. The van der Waals surface area contributed by atoms with Crippen LogP contribution in [0.4, 0.5) is 0 Å². The highest BCUT2D eigenvalue weighted by molar-refractivity contribution is 7.89. The van der Waals surface area contributed by atoms with E-state index >= 15 is 0 Å². The highest BCUT2D eigenvalue weighted by Gasteiger charge is 2.23. The van der Waals surface area contributed by atoms with E-state index in [1.165, 1.54) is 12.1 Å². The molecule has 0 atom stereocenters. The Morgan fingerprint density at radius 3 is 2.72 bits per heavy atom. The van der Waals surface area contributed by atoms with Crippen molar-refractivity contribution in [3.63, 3.8) is 0 Å². The summed E-state index contributed by atoms with van der Waals surface area (Å²) < 4.78 is 32.8. The molecule has 0 amide bonds. The highest BCUT2D eigenvalue weighted by atomic mass is 32.2. The average Bonchev–Trinajstić information content (AvgIpc) is 3.17. The zero-order valence-electron chi connectivity index (χ0n) is 14.1. The number of nitrogens with one attached hydrogen (secondary N) is 2. The van der Waals surface area contributed by atoms with Gasteiger partial charge in [0.2, 0.25) is 10.0 Å². The molecule has 9 heteroatoms. The average molecular weight is 361 g/mol. The van der Waals surface area contributed by atoms with E-state index < -0.39 is 15.6 Å². The van der Waals surface area contributed by atoms with Crippen LogP contribution in [0.5, 0.6) is 0 Å². The molecule has 0 saturated carbocycles. The van der Waals surface area contributed by atoms with E-state index in [4.69, 9.17) is 4.52 Å². The van der Waals surface area contributed by atoms with Crippen LogP contribution >= 0.6 is 0 Å². The third kappa shape index (κ3) is 4.31. The van der Waals surface area contributed by atoms with Crippen LogP contribution < -0.4 is 4.72 Å². The first-order valence-electron chi connectivity index (χ1n) is 7.68. The number of sulfonamides is 1. The van der Waals surface area contributed by atoms with Crippen molar-refractivity contribution in [1.82, 2.24) is 25.1 Å². The third-order valence-corrected chi connectivity index (χ3v) is 4.96. The van der Waals surface area contributed by atoms with Crippen LogP contribution in [0.3, 0.4) is 0 Å². The number of H-pyrrole nitrogens is 1. The van der Waals surface area contributed by atoms with Crippen molar-refractivity contribution >= 4 is 10.0 Å². The number of rotatable bonds is 5. The predicted octanol–water partition coefficient (Wildman–Crippen LogP) is 2.13. The minimum atomic E-state index is -3.64. The van der Waals surface area contributed by atoms with Crippen molar-refractivity contribution in [3.05, 3.63) is 48.0 Å². The molecule has 0 radical (unpaired) electrons. The summed E-state index contributed by atoms with van der Waals surface area (Å²) in [5.74, 6) is 0.752. The quantitative estimate of drug-likeness (QED) is 0.719. The molecule has 3 aromatic rings. The molecule has 0 spiro atoms. The molecule has 0 saturated heterocycles. The summed E-state index contributed by atoms with van der Waals surface area (Å²) in [6.07, 6.45) is 2.10. The Balaban J connectivity index is 1.86. The fraction of sp³-hybridized carbons (Fsp3) is 0.312. The summed E-state index contributed by atoms with van der Waals surface area (Å²) in [7, 11) is -3.64. The molecule has 0 bridgehead atoms. The topological polar surface area (TPSA) is 114 Å². The Kier molecular flexibility index (Phi) is 4.44. The van der Waals surface area contributed by atoms with E-state index in [1.54, 1.807) is 39.1 Å². The fourth-order valence-electron chi connectivity index (χ4n) is 2.25. The van der Waals surface area contributed by atoms with Crippen molar-refractivity contribution < 1.29 is 12.9 Å². The Bertz CT molecular complexity index is 956. The van der Waals surface area contributed by atoms with Gasteiger partial charge in [0, 0.05) is 23.0 Å². The van der Waals surface area contributed by atoms with E-state index in [1.807, 2.05) is 6.07 Å². The summed E-state index contributed by atoms with van der Waals surface area (Å²) in [6, 6.07) is 8.23.